The molecule has 1 amide bonds. The molecule has 3 atom stereocenters. The van der Waals surface area contributed by atoms with Crippen LogP contribution < -0.4 is 5.32 Å². The molecule has 1 N–H and O–H groups in total. The van der Waals surface area contributed by atoms with E-state index in [1.54, 1.807) is 11.3 Å². The smallest absolute Gasteiger partial charge is 0.241 e. The molecule has 3 unspecified atom stereocenters. The number of thiophene rings is 1. The second-order valence-corrected chi connectivity index (χ2v) is 7.00. The summed E-state index contributed by atoms with van der Waals surface area (Å²) in [6.07, 6.45) is 6.83. The second-order valence-electron chi connectivity index (χ2n) is 6.02. The molecule has 2 rings (SSSR count). The topological polar surface area (TPSA) is 32.3 Å². The number of hydrogen-bond donors (Lipinski definition) is 1. The van der Waals surface area contributed by atoms with Gasteiger partial charge in [-0.05, 0) is 31.2 Å². The van der Waals surface area contributed by atoms with Crippen molar-refractivity contribution in [3.8, 4) is 0 Å². The summed E-state index contributed by atoms with van der Waals surface area (Å²) in [7, 11) is 0. The van der Waals surface area contributed by atoms with E-state index in [1.165, 1.54) is 24.1 Å². The van der Waals surface area contributed by atoms with Crippen LogP contribution in [0.5, 0.6) is 0 Å². The van der Waals surface area contributed by atoms with E-state index in [1.807, 2.05) is 0 Å². The summed E-state index contributed by atoms with van der Waals surface area (Å²) in [6.45, 7) is 6.56. The Morgan fingerprint density at radius 3 is 2.76 bits per heavy atom. The predicted molar refractivity (Wildman–Crippen MR) is 89.3 cm³/mol. The predicted octanol–water partition coefficient (Wildman–Crippen LogP) is 4.32. The summed E-state index contributed by atoms with van der Waals surface area (Å²) in [5.74, 6) is 0.291. The maximum atomic E-state index is 12.7. The Labute approximate surface area is 132 Å². The SMILES string of the molecule is CCCCCC(C)N1C(=O)C(CCC)NC1c1cccs1. The maximum Gasteiger partial charge on any atom is 0.241 e. The van der Waals surface area contributed by atoms with Gasteiger partial charge in [0.1, 0.15) is 6.17 Å². The van der Waals surface area contributed by atoms with E-state index in [2.05, 4.69) is 48.5 Å². The molecule has 1 fully saturated rings. The van der Waals surface area contributed by atoms with Gasteiger partial charge in [-0.25, -0.2) is 0 Å². The molecule has 0 saturated carbocycles. The quantitative estimate of drug-likeness (QED) is 0.726. The molecule has 1 aromatic heterocycles. The highest BCUT2D eigenvalue weighted by Crippen LogP contribution is 2.32. The van der Waals surface area contributed by atoms with Crippen LogP contribution in [0.3, 0.4) is 0 Å². The highest BCUT2D eigenvalue weighted by molar-refractivity contribution is 7.10. The molecule has 118 valence electrons. The molecule has 2 heterocycles. The Morgan fingerprint density at radius 1 is 1.33 bits per heavy atom. The Kier molecular flexibility index (Phi) is 6.24. The zero-order chi connectivity index (χ0) is 15.2. The van der Waals surface area contributed by atoms with Crippen molar-refractivity contribution in [2.24, 2.45) is 0 Å². The number of unbranched alkanes of at least 4 members (excludes halogenated alkanes) is 2. The van der Waals surface area contributed by atoms with Crippen molar-refractivity contribution in [1.82, 2.24) is 10.2 Å². The molecule has 1 aliphatic heterocycles. The van der Waals surface area contributed by atoms with E-state index in [4.69, 9.17) is 0 Å². The Morgan fingerprint density at radius 2 is 2.14 bits per heavy atom. The average Bonchev–Trinajstić information content (AvgIpc) is 3.08. The van der Waals surface area contributed by atoms with Crippen molar-refractivity contribution in [3.05, 3.63) is 22.4 Å². The van der Waals surface area contributed by atoms with Crippen LogP contribution in [0.2, 0.25) is 0 Å². The van der Waals surface area contributed by atoms with Crippen molar-refractivity contribution in [1.29, 1.82) is 0 Å². The number of carbonyl (C=O) groups excluding carboxylic acids is 1. The zero-order valence-corrected chi connectivity index (χ0v) is 14.3. The lowest BCUT2D eigenvalue weighted by Crippen LogP contribution is -2.38. The maximum absolute atomic E-state index is 12.7. The number of rotatable bonds is 8. The van der Waals surface area contributed by atoms with Crippen LogP contribution in [-0.2, 0) is 4.79 Å². The first-order valence-electron chi connectivity index (χ1n) is 8.30. The van der Waals surface area contributed by atoms with Crippen LogP contribution >= 0.6 is 11.3 Å². The molecule has 21 heavy (non-hydrogen) atoms. The molecule has 0 spiro atoms. The third-order valence-corrected chi connectivity index (χ3v) is 5.20. The monoisotopic (exact) mass is 308 g/mol. The molecular weight excluding hydrogens is 280 g/mol. The van der Waals surface area contributed by atoms with Crippen LogP contribution in [0.1, 0.15) is 70.3 Å². The van der Waals surface area contributed by atoms with E-state index in [9.17, 15) is 4.79 Å². The summed E-state index contributed by atoms with van der Waals surface area (Å²) in [6, 6.07) is 4.51. The largest absolute Gasteiger partial charge is 0.318 e. The van der Waals surface area contributed by atoms with Crippen molar-refractivity contribution < 1.29 is 4.79 Å². The number of amides is 1. The molecule has 0 bridgehead atoms. The molecule has 0 radical (unpaired) electrons. The van der Waals surface area contributed by atoms with Crippen molar-refractivity contribution in [2.45, 2.75) is 77.5 Å². The summed E-state index contributed by atoms with van der Waals surface area (Å²) >= 11 is 1.74. The van der Waals surface area contributed by atoms with E-state index in [0.29, 0.717) is 11.9 Å². The lowest BCUT2D eigenvalue weighted by atomic mass is 10.1. The first-order valence-corrected chi connectivity index (χ1v) is 9.18. The molecule has 1 aliphatic rings. The lowest BCUT2D eigenvalue weighted by molar-refractivity contribution is -0.132. The highest BCUT2D eigenvalue weighted by atomic mass is 32.1. The van der Waals surface area contributed by atoms with Gasteiger partial charge < -0.3 is 4.90 Å². The van der Waals surface area contributed by atoms with Gasteiger partial charge in [0.05, 0.1) is 6.04 Å². The fourth-order valence-electron chi connectivity index (χ4n) is 3.11. The van der Waals surface area contributed by atoms with Gasteiger partial charge in [-0.1, -0.05) is 45.6 Å². The summed E-state index contributed by atoms with van der Waals surface area (Å²) in [5.41, 5.74) is 0. The van der Waals surface area contributed by atoms with E-state index >= 15 is 0 Å². The van der Waals surface area contributed by atoms with Crippen LogP contribution in [0.4, 0.5) is 0 Å². The second kappa shape index (κ2) is 7.95. The van der Waals surface area contributed by atoms with E-state index < -0.39 is 0 Å². The molecule has 1 saturated heterocycles. The van der Waals surface area contributed by atoms with Gasteiger partial charge in [-0.2, -0.15) is 0 Å². The van der Waals surface area contributed by atoms with Gasteiger partial charge in [0.2, 0.25) is 5.91 Å². The van der Waals surface area contributed by atoms with Gasteiger partial charge in [-0.15, -0.1) is 11.3 Å². The van der Waals surface area contributed by atoms with Crippen LogP contribution in [-0.4, -0.2) is 22.9 Å². The number of nitrogens with zero attached hydrogens (tertiary/aromatic N) is 1. The van der Waals surface area contributed by atoms with Crippen LogP contribution in [0.25, 0.3) is 0 Å². The third kappa shape index (κ3) is 3.86. The van der Waals surface area contributed by atoms with Gasteiger partial charge in [0.25, 0.3) is 0 Å². The van der Waals surface area contributed by atoms with E-state index in [-0.39, 0.29) is 12.2 Å². The molecule has 0 aromatic carbocycles. The van der Waals surface area contributed by atoms with Gasteiger partial charge in [-0.3, -0.25) is 10.1 Å². The van der Waals surface area contributed by atoms with Gasteiger partial charge >= 0.3 is 0 Å². The van der Waals surface area contributed by atoms with Gasteiger partial charge in [0.15, 0.2) is 0 Å². The highest BCUT2D eigenvalue weighted by Gasteiger charge is 2.41. The summed E-state index contributed by atoms with van der Waals surface area (Å²) in [4.78, 5) is 16.1. The van der Waals surface area contributed by atoms with Gasteiger partial charge in [0, 0.05) is 10.9 Å². The Balaban J connectivity index is 2.10. The third-order valence-electron chi connectivity index (χ3n) is 4.28. The minimum Gasteiger partial charge on any atom is -0.318 e. The van der Waals surface area contributed by atoms with Crippen molar-refractivity contribution in [3.63, 3.8) is 0 Å². The summed E-state index contributed by atoms with van der Waals surface area (Å²) < 4.78 is 0. The standard InChI is InChI=1S/C17H28N2OS/c1-4-6-7-10-13(3)19-16(15-11-8-12-21-15)18-14(9-5-2)17(19)20/h8,11-14,16,18H,4-7,9-10H2,1-3H3. The first kappa shape index (κ1) is 16.5. The Bertz CT molecular complexity index is 432. The van der Waals surface area contributed by atoms with Crippen LogP contribution in [0.15, 0.2) is 17.5 Å². The average molecular weight is 308 g/mol. The molecule has 0 aliphatic carbocycles. The van der Waals surface area contributed by atoms with E-state index in [0.717, 1.165) is 19.3 Å². The minimum absolute atomic E-state index is 0.00396. The number of nitrogens with one attached hydrogen (secondary N) is 1. The normalized spacial score (nSPS) is 23.8. The molecular formula is C17H28N2OS. The van der Waals surface area contributed by atoms with Crippen molar-refractivity contribution in [2.75, 3.05) is 0 Å². The fourth-order valence-corrected chi connectivity index (χ4v) is 3.89. The molecule has 4 heteroatoms. The zero-order valence-electron chi connectivity index (χ0n) is 13.5. The molecule has 3 nitrogen and oxygen atoms in total. The minimum atomic E-state index is -0.00396. The van der Waals surface area contributed by atoms with Crippen molar-refractivity contribution >= 4 is 17.2 Å². The lowest BCUT2D eigenvalue weighted by Gasteiger charge is -2.30. The fraction of sp³-hybridized carbons (Fsp3) is 0.706. The number of hydrogen-bond acceptors (Lipinski definition) is 3. The van der Waals surface area contributed by atoms with Crippen LogP contribution in [0, 0.1) is 0 Å². The number of carbonyl (C=O) groups is 1. The first-order chi connectivity index (χ1) is 10.2. The molecule has 1 aromatic rings. The summed E-state index contributed by atoms with van der Waals surface area (Å²) in [5, 5.41) is 5.64. The Hall–Kier alpha value is -0.870.